The molecular formula is C16H21NO4. The maximum Gasteiger partial charge on any atom is 0.320 e. The van der Waals surface area contributed by atoms with Gasteiger partial charge in [-0.15, -0.1) is 0 Å². The van der Waals surface area contributed by atoms with E-state index in [0.717, 1.165) is 0 Å². The zero-order valence-electron chi connectivity index (χ0n) is 12.5. The van der Waals surface area contributed by atoms with Crippen LogP contribution in [0, 0.1) is 5.92 Å². The molecule has 0 aliphatic rings. The number of ketones is 2. The smallest absolute Gasteiger partial charge is 0.320 e. The summed E-state index contributed by atoms with van der Waals surface area (Å²) < 4.78 is 0. The van der Waals surface area contributed by atoms with Gasteiger partial charge in [-0.3, -0.25) is 19.7 Å². The first-order valence-electron chi connectivity index (χ1n) is 6.91. The van der Waals surface area contributed by atoms with Gasteiger partial charge in [0, 0.05) is 5.56 Å². The van der Waals surface area contributed by atoms with Gasteiger partial charge in [-0.2, -0.15) is 0 Å². The quantitative estimate of drug-likeness (QED) is 0.564. The van der Waals surface area contributed by atoms with Crippen LogP contribution in [-0.4, -0.2) is 34.7 Å². The van der Waals surface area contributed by atoms with Crippen molar-refractivity contribution in [3.8, 4) is 0 Å². The van der Waals surface area contributed by atoms with Gasteiger partial charge >= 0.3 is 5.97 Å². The first kappa shape index (κ1) is 17.0. The molecule has 0 heterocycles. The van der Waals surface area contributed by atoms with Crippen LogP contribution in [0.1, 0.15) is 37.6 Å². The average Bonchev–Trinajstić information content (AvgIpc) is 2.42. The van der Waals surface area contributed by atoms with Gasteiger partial charge < -0.3 is 5.11 Å². The van der Waals surface area contributed by atoms with E-state index < -0.39 is 23.8 Å². The number of hydrogen-bond acceptors (Lipinski definition) is 4. The molecule has 0 spiro atoms. The zero-order valence-corrected chi connectivity index (χ0v) is 12.5. The Labute approximate surface area is 124 Å². The van der Waals surface area contributed by atoms with Crippen molar-refractivity contribution in [1.29, 1.82) is 0 Å². The fourth-order valence-electron chi connectivity index (χ4n) is 2.06. The Morgan fingerprint density at radius 1 is 1.14 bits per heavy atom. The average molecular weight is 291 g/mol. The van der Waals surface area contributed by atoms with Crippen LogP contribution in [0.4, 0.5) is 0 Å². The van der Waals surface area contributed by atoms with Gasteiger partial charge in [0.1, 0.15) is 12.1 Å². The lowest BCUT2D eigenvalue weighted by Crippen LogP contribution is -2.51. The first-order valence-corrected chi connectivity index (χ1v) is 6.91. The largest absolute Gasteiger partial charge is 0.480 e. The minimum atomic E-state index is -1.13. The van der Waals surface area contributed by atoms with Crippen molar-refractivity contribution in [3.05, 3.63) is 35.9 Å². The molecule has 0 saturated carbocycles. The fourth-order valence-corrected chi connectivity index (χ4v) is 2.06. The molecular weight excluding hydrogens is 270 g/mol. The molecule has 5 heteroatoms. The van der Waals surface area contributed by atoms with Gasteiger partial charge in [-0.1, -0.05) is 44.2 Å². The third-order valence-corrected chi connectivity index (χ3v) is 3.10. The highest BCUT2D eigenvalue weighted by molar-refractivity contribution is 6.13. The minimum absolute atomic E-state index is 0.137. The predicted molar refractivity (Wildman–Crippen MR) is 79.3 cm³/mol. The molecule has 0 amide bonds. The van der Waals surface area contributed by atoms with Crippen LogP contribution in [0.3, 0.4) is 0 Å². The normalized spacial score (nSPS) is 13.7. The summed E-state index contributed by atoms with van der Waals surface area (Å²) >= 11 is 0. The van der Waals surface area contributed by atoms with Crippen molar-refractivity contribution in [3.63, 3.8) is 0 Å². The number of rotatable bonds is 8. The Bertz CT molecular complexity index is 510. The highest BCUT2D eigenvalue weighted by atomic mass is 16.4. The van der Waals surface area contributed by atoms with Gasteiger partial charge in [0.25, 0.3) is 0 Å². The van der Waals surface area contributed by atoms with Crippen molar-refractivity contribution in [1.82, 2.24) is 5.32 Å². The molecule has 2 atom stereocenters. The molecule has 1 rings (SSSR count). The third-order valence-electron chi connectivity index (χ3n) is 3.10. The van der Waals surface area contributed by atoms with Gasteiger partial charge in [0.05, 0.1) is 0 Å². The lowest BCUT2D eigenvalue weighted by Gasteiger charge is -2.22. The van der Waals surface area contributed by atoms with E-state index in [4.69, 9.17) is 0 Å². The fraction of sp³-hybridized carbons (Fsp3) is 0.438. The number of nitrogens with one attached hydrogen (secondary N) is 1. The van der Waals surface area contributed by atoms with Crippen LogP contribution >= 0.6 is 0 Å². The highest BCUT2D eigenvalue weighted by Crippen LogP contribution is 2.10. The number of carbonyl (C=O) groups excluding carboxylic acids is 2. The topological polar surface area (TPSA) is 83.5 Å². The summed E-state index contributed by atoms with van der Waals surface area (Å²) in [6.45, 7) is 5.06. The molecule has 114 valence electrons. The molecule has 1 aromatic rings. The van der Waals surface area contributed by atoms with E-state index in [1.807, 2.05) is 13.8 Å². The number of carbonyl (C=O) groups is 3. The number of aliphatic carboxylic acids is 1. The van der Waals surface area contributed by atoms with E-state index in [0.29, 0.717) is 12.0 Å². The molecule has 0 bridgehead atoms. The third kappa shape index (κ3) is 5.11. The SMILES string of the molecule is CC(=O)C(NC(CC(C)C)C(=O)O)C(=O)c1ccccc1. The van der Waals surface area contributed by atoms with Crippen LogP contribution in [0.2, 0.25) is 0 Å². The maximum atomic E-state index is 12.4. The van der Waals surface area contributed by atoms with Gasteiger partial charge in [-0.05, 0) is 19.3 Å². The van der Waals surface area contributed by atoms with E-state index in [-0.39, 0.29) is 11.7 Å². The first-order chi connectivity index (χ1) is 9.82. The molecule has 5 nitrogen and oxygen atoms in total. The number of Topliss-reactive ketones (excluding diaryl/α,β-unsaturated/α-hetero) is 2. The van der Waals surface area contributed by atoms with Crippen molar-refractivity contribution in [2.45, 2.75) is 39.3 Å². The highest BCUT2D eigenvalue weighted by Gasteiger charge is 2.30. The lowest BCUT2D eigenvalue weighted by molar-refractivity contribution is -0.140. The molecule has 0 radical (unpaired) electrons. The second-order valence-corrected chi connectivity index (χ2v) is 5.46. The molecule has 0 aliphatic carbocycles. The van der Waals surface area contributed by atoms with Crippen LogP contribution in [-0.2, 0) is 9.59 Å². The van der Waals surface area contributed by atoms with Gasteiger partial charge in [0.2, 0.25) is 0 Å². The predicted octanol–water partition coefficient (Wildman–Crippen LogP) is 1.92. The summed E-state index contributed by atoms with van der Waals surface area (Å²) in [6.07, 6.45) is 0.348. The summed E-state index contributed by atoms with van der Waals surface area (Å²) in [5.74, 6) is -1.72. The Hall–Kier alpha value is -2.01. The molecule has 1 aromatic carbocycles. The lowest BCUT2D eigenvalue weighted by atomic mass is 9.98. The monoisotopic (exact) mass is 291 g/mol. The van der Waals surface area contributed by atoms with Crippen molar-refractivity contribution < 1.29 is 19.5 Å². The Morgan fingerprint density at radius 2 is 1.71 bits per heavy atom. The Balaban J connectivity index is 2.93. The number of benzene rings is 1. The van der Waals surface area contributed by atoms with Gasteiger partial charge in [0.15, 0.2) is 11.6 Å². The van der Waals surface area contributed by atoms with Gasteiger partial charge in [-0.25, -0.2) is 0 Å². The van der Waals surface area contributed by atoms with E-state index in [9.17, 15) is 19.5 Å². The summed E-state index contributed by atoms with van der Waals surface area (Å²) in [5.41, 5.74) is 0.388. The molecule has 0 aliphatic heterocycles. The molecule has 2 unspecified atom stereocenters. The van der Waals surface area contributed by atoms with Crippen LogP contribution < -0.4 is 5.32 Å². The molecule has 0 aromatic heterocycles. The van der Waals surface area contributed by atoms with E-state index in [1.54, 1.807) is 30.3 Å². The van der Waals surface area contributed by atoms with E-state index in [1.165, 1.54) is 6.92 Å². The van der Waals surface area contributed by atoms with E-state index >= 15 is 0 Å². The van der Waals surface area contributed by atoms with Crippen LogP contribution in [0.25, 0.3) is 0 Å². The standard InChI is InChI=1S/C16H21NO4/c1-10(2)9-13(16(20)21)17-14(11(3)18)15(19)12-7-5-4-6-8-12/h4-8,10,13-14,17H,9H2,1-3H3,(H,20,21). The molecule has 2 N–H and O–H groups in total. The second kappa shape index (κ2) is 7.69. The van der Waals surface area contributed by atoms with Crippen molar-refractivity contribution >= 4 is 17.5 Å². The Kier molecular flexibility index (Phi) is 6.24. The molecule has 21 heavy (non-hydrogen) atoms. The Morgan fingerprint density at radius 3 is 2.14 bits per heavy atom. The summed E-state index contributed by atoms with van der Waals surface area (Å²) in [6, 6.07) is 6.33. The molecule has 0 saturated heterocycles. The summed E-state index contributed by atoms with van der Waals surface area (Å²) in [7, 11) is 0. The van der Waals surface area contributed by atoms with Crippen molar-refractivity contribution in [2.75, 3.05) is 0 Å². The minimum Gasteiger partial charge on any atom is -0.480 e. The number of carboxylic acid groups (broad SMARTS) is 1. The number of hydrogen-bond donors (Lipinski definition) is 2. The van der Waals surface area contributed by atoms with E-state index in [2.05, 4.69) is 5.32 Å². The van der Waals surface area contributed by atoms with Crippen LogP contribution in [0.5, 0.6) is 0 Å². The van der Waals surface area contributed by atoms with Crippen molar-refractivity contribution in [2.24, 2.45) is 5.92 Å². The second-order valence-electron chi connectivity index (χ2n) is 5.46. The maximum absolute atomic E-state index is 12.4. The molecule has 0 fully saturated rings. The van der Waals surface area contributed by atoms with Crippen LogP contribution in [0.15, 0.2) is 30.3 Å². The summed E-state index contributed by atoms with van der Waals surface area (Å²) in [5, 5.41) is 11.9. The zero-order chi connectivity index (χ0) is 16.0. The number of carboxylic acids is 1. The summed E-state index contributed by atoms with van der Waals surface area (Å²) in [4.78, 5) is 35.3.